The van der Waals surface area contributed by atoms with Crippen LogP contribution in [0.4, 0.5) is 35.9 Å². The Kier molecular flexibility index (Phi) is 9.44. The second kappa shape index (κ2) is 12.7. The van der Waals surface area contributed by atoms with Crippen LogP contribution in [0.5, 0.6) is 0 Å². The fourth-order valence-corrected chi connectivity index (χ4v) is 5.56. The maximum atomic E-state index is 14.9. The summed E-state index contributed by atoms with van der Waals surface area (Å²) in [6, 6.07) is 8.52. The lowest BCUT2D eigenvalue weighted by molar-refractivity contribution is -0.192. The highest BCUT2D eigenvalue weighted by Crippen LogP contribution is 2.36. The van der Waals surface area contributed by atoms with Crippen molar-refractivity contribution in [2.75, 3.05) is 25.0 Å². The number of alkyl halides is 6. The van der Waals surface area contributed by atoms with Crippen molar-refractivity contribution in [3.8, 4) is 11.4 Å². The van der Waals surface area contributed by atoms with Gasteiger partial charge in [-0.3, -0.25) is 9.51 Å². The summed E-state index contributed by atoms with van der Waals surface area (Å²) in [5, 5.41) is 11.2. The van der Waals surface area contributed by atoms with E-state index in [9.17, 15) is 35.5 Å². The van der Waals surface area contributed by atoms with Crippen LogP contribution >= 0.6 is 11.3 Å². The average molecular weight is 636 g/mol. The number of rotatable bonds is 7. The Bertz CT molecular complexity index is 1630. The molecule has 1 aliphatic rings. The van der Waals surface area contributed by atoms with E-state index in [0.717, 1.165) is 37.9 Å². The molecule has 3 heterocycles. The van der Waals surface area contributed by atoms with Gasteiger partial charge in [0.2, 0.25) is 0 Å². The molecular formula is C26H24F7N5O4S. The number of benzene rings is 2. The smallest absolute Gasteiger partial charge is 0.475 e. The van der Waals surface area contributed by atoms with Gasteiger partial charge >= 0.3 is 24.1 Å². The molecule has 1 unspecified atom stereocenters. The first-order chi connectivity index (χ1) is 20.1. The molecule has 17 heteroatoms. The molecule has 1 fully saturated rings. The number of carboxylic acid groups (broad SMARTS) is 1. The fourth-order valence-electron chi connectivity index (χ4n) is 4.53. The number of hydrogen-bond donors (Lipinski definition) is 2. The van der Waals surface area contributed by atoms with Gasteiger partial charge in [-0.1, -0.05) is 22.6 Å². The Labute approximate surface area is 242 Å². The minimum atomic E-state index is -5.08. The van der Waals surface area contributed by atoms with E-state index >= 15 is 0 Å². The number of nitrogens with zero attached hydrogens (tertiary/aromatic N) is 4. The van der Waals surface area contributed by atoms with Gasteiger partial charge in [0, 0.05) is 19.1 Å². The molecule has 1 aliphatic heterocycles. The number of halogens is 7. The van der Waals surface area contributed by atoms with Crippen LogP contribution in [0.15, 0.2) is 45.7 Å². The molecule has 1 atom stereocenters. The second-order valence-corrected chi connectivity index (χ2v) is 10.7. The van der Waals surface area contributed by atoms with Gasteiger partial charge in [0.05, 0.1) is 21.3 Å². The van der Waals surface area contributed by atoms with Gasteiger partial charge in [-0.25, -0.2) is 19.0 Å². The maximum absolute atomic E-state index is 14.9. The van der Waals surface area contributed by atoms with Gasteiger partial charge in [-0.15, -0.1) is 0 Å². The summed E-state index contributed by atoms with van der Waals surface area (Å²) in [4.78, 5) is 31.3. The Hall–Kier alpha value is -3.99. The van der Waals surface area contributed by atoms with E-state index in [1.807, 2.05) is 4.90 Å². The SMILES string of the molecule is CN1CCCC1CCN(Cc1ccc(-c2noc(=O)[nH]2)c(F)c1)c1nc2ccc(C(F)(F)F)cc2s1.O=C(O)C(F)(F)F. The van der Waals surface area contributed by atoms with Gasteiger partial charge in [-0.2, -0.15) is 26.3 Å². The molecule has 0 amide bonds. The number of aromatic amines is 1. The number of H-pyrrole nitrogens is 1. The molecule has 0 bridgehead atoms. The van der Waals surface area contributed by atoms with Crippen LogP contribution in [-0.4, -0.2) is 63.5 Å². The summed E-state index contributed by atoms with van der Waals surface area (Å²) >= 11 is 1.19. The lowest BCUT2D eigenvalue weighted by atomic mass is 10.1. The zero-order chi connectivity index (χ0) is 31.5. The summed E-state index contributed by atoms with van der Waals surface area (Å²) in [7, 11) is 2.08. The minimum Gasteiger partial charge on any atom is -0.475 e. The van der Waals surface area contributed by atoms with Gasteiger partial charge in [0.15, 0.2) is 11.0 Å². The number of nitrogens with one attached hydrogen (secondary N) is 1. The molecule has 2 aromatic heterocycles. The molecule has 43 heavy (non-hydrogen) atoms. The van der Waals surface area contributed by atoms with E-state index in [-0.39, 0.29) is 11.4 Å². The number of hydrogen-bond acceptors (Lipinski definition) is 8. The zero-order valence-corrected chi connectivity index (χ0v) is 23.1. The normalized spacial score (nSPS) is 15.9. The lowest BCUT2D eigenvalue weighted by Crippen LogP contribution is -2.31. The van der Waals surface area contributed by atoms with Crippen molar-refractivity contribution < 1.29 is 45.2 Å². The summed E-state index contributed by atoms with van der Waals surface area (Å²) in [6.07, 6.45) is -6.46. The van der Waals surface area contributed by atoms with E-state index in [4.69, 9.17) is 9.90 Å². The van der Waals surface area contributed by atoms with Gasteiger partial charge < -0.3 is 14.9 Å². The first-order valence-electron chi connectivity index (χ1n) is 12.7. The molecule has 2 N–H and O–H groups in total. The Morgan fingerprint density at radius 1 is 1.19 bits per heavy atom. The quantitative estimate of drug-likeness (QED) is 0.241. The number of carbonyl (C=O) groups is 1. The number of aromatic nitrogens is 3. The third-order valence-corrected chi connectivity index (χ3v) is 7.80. The first-order valence-corrected chi connectivity index (χ1v) is 13.5. The third-order valence-electron chi connectivity index (χ3n) is 6.72. The van der Waals surface area contributed by atoms with Crippen molar-refractivity contribution in [2.24, 2.45) is 0 Å². The molecule has 0 saturated carbocycles. The number of thiazole rings is 1. The molecule has 2 aromatic carbocycles. The predicted molar refractivity (Wildman–Crippen MR) is 142 cm³/mol. The summed E-state index contributed by atoms with van der Waals surface area (Å²) in [6.45, 7) is 1.96. The van der Waals surface area contributed by atoms with Crippen molar-refractivity contribution in [3.05, 3.63) is 63.9 Å². The fraction of sp³-hybridized carbons (Fsp3) is 0.385. The molecule has 232 valence electrons. The van der Waals surface area contributed by atoms with E-state index in [1.54, 1.807) is 6.07 Å². The molecule has 0 spiro atoms. The molecule has 5 rings (SSSR count). The van der Waals surface area contributed by atoms with Crippen LogP contribution in [0, 0.1) is 5.82 Å². The van der Waals surface area contributed by atoms with Gasteiger partial charge in [0.25, 0.3) is 0 Å². The van der Waals surface area contributed by atoms with Crippen molar-refractivity contribution in [2.45, 2.75) is 44.2 Å². The summed E-state index contributed by atoms with van der Waals surface area (Å²) < 4.78 is 91.1. The van der Waals surface area contributed by atoms with E-state index in [1.165, 1.54) is 29.5 Å². The highest BCUT2D eigenvalue weighted by Gasteiger charge is 2.38. The molecule has 4 aromatic rings. The minimum absolute atomic E-state index is 0.00295. The van der Waals surface area contributed by atoms with Crippen LogP contribution in [0.3, 0.4) is 0 Å². The Morgan fingerprint density at radius 3 is 2.47 bits per heavy atom. The monoisotopic (exact) mass is 635 g/mol. The second-order valence-electron chi connectivity index (χ2n) is 9.72. The average Bonchev–Trinajstić information content (AvgIpc) is 3.65. The Morgan fingerprint density at radius 2 is 1.91 bits per heavy atom. The van der Waals surface area contributed by atoms with Gasteiger partial charge in [0.1, 0.15) is 5.82 Å². The number of likely N-dealkylation sites (tertiary alicyclic amines) is 1. The van der Waals surface area contributed by atoms with Gasteiger partial charge in [-0.05, 0) is 68.8 Å². The molecule has 9 nitrogen and oxygen atoms in total. The van der Waals surface area contributed by atoms with Crippen LogP contribution in [0.2, 0.25) is 0 Å². The topological polar surface area (TPSA) is 116 Å². The largest absolute Gasteiger partial charge is 0.490 e. The number of aliphatic carboxylic acids is 1. The first kappa shape index (κ1) is 31.9. The van der Waals surface area contributed by atoms with Crippen molar-refractivity contribution in [1.82, 2.24) is 20.0 Å². The zero-order valence-electron chi connectivity index (χ0n) is 22.3. The third kappa shape index (κ3) is 8.10. The summed E-state index contributed by atoms with van der Waals surface area (Å²) in [5.41, 5.74) is 0.524. The number of anilines is 1. The molecule has 1 saturated heterocycles. The van der Waals surface area contributed by atoms with Crippen LogP contribution in [0.25, 0.3) is 21.6 Å². The van der Waals surface area contributed by atoms with E-state index < -0.39 is 35.5 Å². The maximum Gasteiger partial charge on any atom is 0.490 e. The lowest BCUT2D eigenvalue weighted by Gasteiger charge is -2.26. The van der Waals surface area contributed by atoms with Crippen LogP contribution < -0.4 is 10.7 Å². The number of carboxylic acids is 1. The van der Waals surface area contributed by atoms with Crippen LogP contribution in [0.1, 0.15) is 30.4 Å². The molecule has 0 aliphatic carbocycles. The summed E-state index contributed by atoms with van der Waals surface area (Å²) in [5.74, 6) is -4.11. The van der Waals surface area contributed by atoms with Crippen molar-refractivity contribution in [1.29, 1.82) is 0 Å². The van der Waals surface area contributed by atoms with Crippen molar-refractivity contribution in [3.63, 3.8) is 0 Å². The van der Waals surface area contributed by atoms with E-state index in [2.05, 4.69) is 31.6 Å². The standard InChI is InChI=1S/C24H23F4N5O2S.C2HF3O2/c1-32-9-2-3-16(32)8-10-33(22-29-19-7-5-15(24(26,27)28)12-20(19)36-22)13-14-4-6-17(18(25)11-14)21-30-23(34)35-31-21;3-2(4,5)1(6)7/h4-7,11-12,16H,2-3,8-10,13H2,1H3,(H,30,31,34);(H,6,7). The van der Waals surface area contributed by atoms with Crippen molar-refractivity contribution >= 4 is 32.7 Å². The molecule has 0 radical (unpaired) electrons. The highest BCUT2D eigenvalue weighted by atomic mass is 32.1. The van der Waals surface area contributed by atoms with E-state index in [0.29, 0.717) is 40.0 Å². The Balaban J connectivity index is 0.000000541. The molecular weight excluding hydrogens is 611 g/mol. The highest BCUT2D eigenvalue weighted by molar-refractivity contribution is 7.22. The van der Waals surface area contributed by atoms with Crippen LogP contribution in [-0.2, 0) is 17.5 Å². The number of fused-ring (bicyclic) bond motifs is 1. The predicted octanol–water partition coefficient (Wildman–Crippen LogP) is 5.92.